The number of rotatable bonds is 9. The molecule has 1 amide bonds. The second kappa shape index (κ2) is 11.5. The van der Waals surface area contributed by atoms with E-state index in [0.29, 0.717) is 30.1 Å². The van der Waals surface area contributed by atoms with E-state index in [-0.39, 0.29) is 24.9 Å². The van der Waals surface area contributed by atoms with Gasteiger partial charge in [0.2, 0.25) is 10.0 Å². The first-order valence-corrected chi connectivity index (χ1v) is 13.7. The fourth-order valence-electron chi connectivity index (χ4n) is 4.11. The first-order valence-electron chi connectivity index (χ1n) is 11.8. The summed E-state index contributed by atoms with van der Waals surface area (Å²) in [7, 11) is -1.94. The fraction of sp³-hybridized carbons (Fsp3) is 0.296. The molecule has 0 radical (unpaired) electrons. The summed E-state index contributed by atoms with van der Waals surface area (Å²) >= 11 is 0. The zero-order valence-electron chi connectivity index (χ0n) is 20.8. The lowest BCUT2D eigenvalue weighted by atomic mass is 10.2. The summed E-state index contributed by atoms with van der Waals surface area (Å²) in [6, 6.07) is 20.1. The zero-order valence-corrected chi connectivity index (χ0v) is 21.7. The molecule has 37 heavy (non-hydrogen) atoms. The Labute approximate surface area is 216 Å². The summed E-state index contributed by atoms with van der Waals surface area (Å²) in [4.78, 5) is 16.7. The number of hydrogen-bond donors (Lipinski definition) is 0. The average Bonchev–Trinajstić information content (AvgIpc) is 2.91. The maximum absolute atomic E-state index is 13.2. The number of carbonyl (C=O) groups excluding carboxylic acids is 1. The monoisotopic (exact) mass is 527 g/mol. The van der Waals surface area contributed by atoms with E-state index in [9.17, 15) is 17.6 Å². The van der Waals surface area contributed by atoms with E-state index in [0.717, 1.165) is 30.8 Å². The number of nitrogens with zero attached hydrogens (tertiary/aromatic N) is 3. The van der Waals surface area contributed by atoms with Crippen molar-refractivity contribution in [3.8, 4) is 11.5 Å². The van der Waals surface area contributed by atoms with Crippen LogP contribution in [0.3, 0.4) is 0 Å². The van der Waals surface area contributed by atoms with Gasteiger partial charge in [-0.2, -0.15) is 0 Å². The summed E-state index contributed by atoms with van der Waals surface area (Å²) in [5.41, 5.74) is 2.19. The molecular formula is C27H30FN3O5S. The minimum absolute atomic E-state index is 0.0697. The Morgan fingerprint density at radius 2 is 1.49 bits per heavy atom. The van der Waals surface area contributed by atoms with Crippen LogP contribution in [0.25, 0.3) is 0 Å². The molecule has 1 fully saturated rings. The fourth-order valence-corrected chi connectivity index (χ4v) is 5.00. The van der Waals surface area contributed by atoms with Gasteiger partial charge in [0.25, 0.3) is 5.91 Å². The molecule has 1 aliphatic rings. The van der Waals surface area contributed by atoms with Gasteiger partial charge in [-0.25, -0.2) is 12.8 Å². The Morgan fingerprint density at radius 3 is 2.05 bits per heavy atom. The summed E-state index contributed by atoms with van der Waals surface area (Å²) in [6.07, 6.45) is 1.12. The van der Waals surface area contributed by atoms with Gasteiger partial charge in [0.1, 0.15) is 17.3 Å². The highest BCUT2D eigenvalue weighted by Crippen LogP contribution is 2.24. The third-order valence-electron chi connectivity index (χ3n) is 6.20. The minimum Gasteiger partial charge on any atom is -0.497 e. The highest BCUT2D eigenvalue weighted by atomic mass is 32.2. The molecule has 3 aromatic carbocycles. The molecule has 0 bridgehead atoms. The van der Waals surface area contributed by atoms with Crippen LogP contribution in [0.5, 0.6) is 11.5 Å². The molecule has 1 saturated heterocycles. The summed E-state index contributed by atoms with van der Waals surface area (Å²) < 4.78 is 50.1. The van der Waals surface area contributed by atoms with Crippen molar-refractivity contribution >= 4 is 27.3 Å². The van der Waals surface area contributed by atoms with Crippen LogP contribution in [0.1, 0.15) is 5.56 Å². The van der Waals surface area contributed by atoms with Gasteiger partial charge in [0, 0.05) is 31.9 Å². The maximum atomic E-state index is 13.2. The Kier molecular flexibility index (Phi) is 8.17. The summed E-state index contributed by atoms with van der Waals surface area (Å²) in [6.45, 7) is 2.61. The van der Waals surface area contributed by atoms with Crippen molar-refractivity contribution in [2.75, 3.05) is 55.4 Å². The number of benzene rings is 3. The van der Waals surface area contributed by atoms with Gasteiger partial charge in [0.15, 0.2) is 6.61 Å². The van der Waals surface area contributed by atoms with Crippen LogP contribution in [0, 0.1) is 5.82 Å². The Bertz CT molecular complexity index is 1290. The van der Waals surface area contributed by atoms with Crippen LogP contribution >= 0.6 is 0 Å². The van der Waals surface area contributed by atoms with E-state index in [2.05, 4.69) is 4.90 Å². The van der Waals surface area contributed by atoms with Crippen molar-refractivity contribution in [3.05, 3.63) is 84.2 Å². The van der Waals surface area contributed by atoms with Crippen molar-refractivity contribution in [2.24, 2.45) is 0 Å². The van der Waals surface area contributed by atoms with Crippen LogP contribution in [-0.2, 0) is 21.4 Å². The van der Waals surface area contributed by atoms with Gasteiger partial charge in [-0.1, -0.05) is 12.1 Å². The lowest BCUT2D eigenvalue weighted by Gasteiger charge is -2.36. The quantitative estimate of drug-likeness (QED) is 0.424. The number of methoxy groups -OCH3 is 1. The van der Waals surface area contributed by atoms with Gasteiger partial charge in [-0.05, 0) is 66.2 Å². The lowest BCUT2D eigenvalue weighted by molar-refractivity contribution is -0.133. The molecular weight excluding hydrogens is 497 g/mol. The van der Waals surface area contributed by atoms with Gasteiger partial charge >= 0.3 is 0 Å². The van der Waals surface area contributed by atoms with E-state index < -0.39 is 10.0 Å². The number of sulfonamides is 1. The van der Waals surface area contributed by atoms with Gasteiger partial charge in [-0.3, -0.25) is 9.10 Å². The van der Waals surface area contributed by atoms with E-state index in [1.807, 2.05) is 24.3 Å². The second-order valence-electron chi connectivity index (χ2n) is 8.74. The largest absolute Gasteiger partial charge is 0.497 e. The zero-order chi connectivity index (χ0) is 26.4. The molecule has 0 aliphatic carbocycles. The van der Waals surface area contributed by atoms with Crippen molar-refractivity contribution in [3.63, 3.8) is 0 Å². The first-order chi connectivity index (χ1) is 17.7. The van der Waals surface area contributed by atoms with Gasteiger partial charge in [-0.15, -0.1) is 0 Å². The molecule has 0 saturated carbocycles. The number of halogens is 1. The molecule has 10 heteroatoms. The predicted molar refractivity (Wildman–Crippen MR) is 141 cm³/mol. The molecule has 0 atom stereocenters. The molecule has 4 rings (SSSR count). The predicted octanol–water partition coefficient (Wildman–Crippen LogP) is 3.53. The van der Waals surface area contributed by atoms with Crippen LogP contribution in [0.15, 0.2) is 72.8 Å². The Morgan fingerprint density at radius 1 is 0.892 bits per heavy atom. The first kappa shape index (κ1) is 26.3. The van der Waals surface area contributed by atoms with Crippen molar-refractivity contribution in [2.45, 2.75) is 6.54 Å². The van der Waals surface area contributed by atoms with Gasteiger partial charge in [0.05, 0.1) is 25.6 Å². The molecule has 0 unspecified atom stereocenters. The Balaban J connectivity index is 1.30. The number of hydrogen-bond acceptors (Lipinski definition) is 6. The van der Waals surface area contributed by atoms with E-state index in [1.165, 1.54) is 16.4 Å². The lowest BCUT2D eigenvalue weighted by Crippen LogP contribution is -2.50. The number of carbonyl (C=O) groups is 1. The highest BCUT2D eigenvalue weighted by molar-refractivity contribution is 7.92. The van der Waals surface area contributed by atoms with E-state index in [4.69, 9.17) is 9.47 Å². The number of anilines is 2. The van der Waals surface area contributed by atoms with E-state index >= 15 is 0 Å². The second-order valence-corrected chi connectivity index (χ2v) is 10.7. The van der Waals surface area contributed by atoms with Crippen molar-refractivity contribution in [1.82, 2.24) is 4.90 Å². The highest BCUT2D eigenvalue weighted by Gasteiger charge is 2.22. The standard InChI is InChI=1S/C27H30FN3O5S/c1-35-25-11-7-23(8-12-25)29-15-17-30(18-16-29)27(32)20-36-26-13-9-24(10-14-26)31(37(2,33)34)19-21-3-5-22(28)6-4-21/h3-14H,15-20H2,1-2H3. The Hall–Kier alpha value is -3.79. The van der Waals surface area contributed by atoms with Gasteiger partial charge < -0.3 is 19.3 Å². The SMILES string of the molecule is COc1ccc(N2CCN(C(=O)COc3ccc(N(Cc4ccc(F)cc4)S(C)(=O)=O)cc3)CC2)cc1. The normalized spacial score (nSPS) is 13.8. The number of amides is 1. The molecule has 1 aliphatic heterocycles. The molecule has 0 aromatic heterocycles. The number of piperazine rings is 1. The van der Waals surface area contributed by atoms with Crippen LogP contribution in [0.2, 0.25) is 0 Å². The number of ether oxygens (including phenoxy) is 2. The average molecular weight is 528 g/mol. The summed E-state index contributed by atoms with van der Waals surface area (Å²) in [5, 5.41) is 0. The van der Waals surface area contributed by atoms with Crippen LogP contribution in [0.4, 0.5) is 15.8 Å². The third-order valence-corrected chi connectivity index (χ3v) is 7.34. The summed E-state index contributed by atoms with van der Waals surface area (Å²) in [5.74, 6) is 0.779. The third kappa shape index (κ3) is 6.91. The van der Waals surface area contributed by atoms with Crippen LogP contribution < -0.4 is 18.7 Å². The molecule has 0 N–H and O–H groups in total. The molecule has 0 spiro atoms. The molecule has 1 heterocycles. The minimum atomic E-state index is -3.58. The van der Waals surface area contributed by atoms with E-state index in [1.54, 1.807) is 48.4 Å². The van der Waals surface area contributed by atoms with Crippen molar-refractivity contribution in [1.29, 1.82) is 0 Å². The molecule has 8 nitrogen and oxygen atoms in total. The maximum Gasteiger partial charge on any atom is 0.260 e. The molecule has 196 valence electrons. The molecule has 3 aromatic rings. The van der Waals surface area contributed by atoms with Crippen molar-refractivity contribution < 1.29 is 27.1 Å². The topological polar surface area (TPSA) is 79.4 Å². The smallest absolute Gasteiger partial charge is 0.260 e. The van der Waals surface area contributed by atoms with Crippen LogP contribution in [-0.4, -0.2) is 65.4 Å².